The van der Waals surface area contributed by atoms with Gasteiger partial charge < -0.3 is 5.32 Å². The molecule has 2 heteroatoms. The van der Waals surface area contributed by atoms with E-state index in [9.17, 15) is 0 Å². The molecule has 0 amide bonds. The van der Waals surface area contributed by atoms with Crippen molar-refractivity contribution in [2.24, 2.45) is 0 Å². The molecule has 1 N–H and O–H groups in total. The Morgan fingerprint density at radius 1 is 1.10 bits per heavy atom. The van der Waals surface area contributed by atoms with Crippen molar-refractivity contribution in [2.75, 3.05) is 0 Å². The smallest absolute Gasteiger partial charge is 0.0305 e. The number of thiophene rings is 1. The van der Waals surface area contributed by atoms with Gasteiger partial charge in [0.1, 0.15) is 0 Å². The number of hydrogen-bond acceptors (Lipinski definition) is 2. The van der Waals surface area contributed by atoms with Crippen LogP contribution in [0.15, 0.2) is 30.3 Å². The molecule has 0 radical (unpaired) electrons. The van der Waals surface area contributed by atoms with Crippen molar-refractivity contribution in [3.05, 3.63) is 56.8 Å². The van der Waals surface area contributed by atoms with Gasteiger partial charge in [0.15, 0.2) is 0 Å². The first-order valence-corrected chi connectivity index (χ1v) is 8.44. The summed E-state index contributed by atoms with van der Waals surface area (Å²) in [6, 6.07) is 11.9. The summed E-state index contributed by atoms with van der Waals surface area (Å²) in [5.41, 5.74) is 4.58. The Kier molecular flexibility index (Phi) is 4.23. The highest BCUT2D eigenvalue weighted by atomic mass is 32.1. The van der Waals surface area contributed by atoms with E-state index in [1.807, 2.05) is 11.3 Å². The molecule has 1 atom stereocenters. The quantitative estimate of drug-likeness (QED) is 0.852. The maximum atomic E-state index is 3.65. The predicted molar refractivity (Wildman–Crippen MR) is 87.4 cm³/mol. The maximum Gasteiger partial charge on any atom is 0.0305 e. The van der Waals surface area contributed by atoms with Gasteiger partial charge in [0.2, 0.25) is 0 Å². The third kappa shape index (κ3) is 3.13. The van der Waals surface area contributed by atoms with Crippen LogP contribution >= 0.6 is 11.3 Å². The van der Waals surface area contributed by atoms with Gasteiger partial charge in [-0.15, -0.1) is 11.3 Å². The Morgan fingerprint density at radius 3 is 2.65 bits per heavy atom. The van der Waals surface area contributed by atoms with Crippen molar-refractivity contribution < 1.29 is 0 Å². The summed E-state index contributed by atoms with van der Waals surface area (Å²) in [5, 5.41) is 3.65. The fraction of sp³-hybridized carbons (Fsp3) is 0.444. The maximum absolute atomic E-state index is 3.65. The summed E-state index contributed by atoms with van der Waals surface area (Å²) in [4.78, 5) is 2.82. The zero-order chi connectivity index (χ0) is 13.9. The molecular weight excluding hydrogens is 262 g/mol. The van der Waals surface area contributed by atoms with Crippen LogP contribution in [0.3, 0.4) is 0 Å². The molecule has 0 bridgehead atoms. The van der Waals surface area contributed by atoms with Crippen molar-refractivity contribution in [1.82, 2.24) is 5.32 Å². The first kappa shape index (κ1) is 13.8. The van der Waals surface area contributed by atoms with Gasteiger partial charge in [-0.3, -0.25) is 0 Å². The van der Waals surface area contributed by atoms with Crippen LogP contribution in [0.5, 0.6) is 0 Å². The summed E-state index contributed by atoms with van der Waals surface area (Å²) in [6.07, 6.45) is 5.25. The van der Waals surface area contributed by atoms with Gasteiger partial charge in [0.05, 0.1) is 0 Å². The molecule has 1 nitrogen and oxygen atoms in total. The van der Waals surface area contributed by atoms with Gasteiger partial charge in [-0.25, -0.2) is 0 Å². The first-order chi connectivity index (χ1) is 9.72. The van der Waals surface area contributed by atoms with Crippen LogP contribution < -0.4 is 5.32 Å². The lowest BCUT2D eigenvalue weighted by atomic mass is 9.89. The highest BCUT2D eigenvalue weighted by molar-refractivity contribution is 7.11. The SMILES string of the molecule is Cc1ccc(CNC(C)c2ccc3c(c2)CCCC3)s1. The fourth-order valence-electron chi connectivity index (χ4n) is 2.97. The van der Waals surface area contributed by atoms with Crippen molar-refractivity contribution in [3.63, 3.8) is 0 Å². The number of hydrogen-bond donors (Lipinski definition) is 1. The van der Waals surface area contributed by atoms with E-state index in [2.05, 4.69) is 49.5 Å². The molecule has 20 heavy (non-hydrogen) atoms. The molecule has 0 aliphatic heterocycles. The highest BCUT2D eigenvalue weighted by Crippen LogP contribution is 2.25. The Bertz CT molecular complexity index is 585. The molecule has 0 fully saturated rings. The molecule has 1 unspecified atom stereocenters. The van der Waals surface area contributed by atoms with Crippen LogP contribution in [-0.2, 0) is 19.4 Å². The van der Waals surface area contributed by atoms with Crippen molar-refractivity contribution in [1.29, 1.82) is 0 Å². The molecule has 1 heterocycles. The molecule has 1 aromatic carbocycles. The minimum Gasteiger partial charge on any atom is -0.305 e. The monoisotopic (exact) mass is 285 g/mol. The largest absolute Gasteiger partial charge is 0.305 e. The normalized spacial score (nSPS) is 15.9. The lowest BCUT2D eigenvalue weighted by Crippen LogP contribution is -2.18. The van der Waals surface area contributed by atoms with Gasteiger partial charge in [-0.05, 0) is 68.4 Å². The number of aryl methyl sites for hydroxylation is 3. The molecule has 1 aromatic heterocycles. The average Bonchev–Trinajstić information content (AvgIpc) is 2.90. The second-order valence-corrected chi connectivity index (χ2v) is 7.22. The van der Waals surface area contributed by atoms with Crippen molar-refractivity contribution in [2.45, 2.75) is 52.1 Å². The van der Waals surface area contributed by atoms with E-state index in [1.165, 1.54) is 41.0 Å². The summed E-state index contributed by atoms with van der Waals surface area (Å²) < 4.78 is 0. The number of rotatable bonds is 4. The minimum absolute atomic E-state index is 0.421. The standard InChI is InChI=1S/C18H23NS/c1-13-7-10-18(20-13)12-19-14(2)16-9-8-15-5-3-4-6-17(15)11-16/h7-11,14,19H,3-6,12H2,1-2H3. The first-order valence-electron chi connectivity index (χ1n) is 7.63. The summed E-state index contributed by atoms with van der Waals surface area (Å²) in [5.74, 6) is 0. The fourth-order valence-corrected chi connectivity index (χ4v) is 3.82. The van der Waals surface area contributed by atoms with Crippen LogP contribution in [0.1, 0.15) is 52.3 Å². The van der Waals surface area contributed by atoms with Gasteiger partial charge in [0, 0.05) is 22.3 Å². The summed E-state index contributed by atoms with van der Waals surface area (Å²) >= 11 is 1.89. The number of fused-ring (bicyclic) bond motifs is 1. The van der Waals surface area contributed by atoms with Gasteiger partial charge >= 0.3 is 0 Å². The molecule has 0 spiro atoms. The molecular formula is C18H23NS. The van der Waals surface area contributed by atoms with Gasteiger partial charge in [-0.1, -0.05) is 18.2 Å². The van der Waals surface area contributed by atoms with E-state index in [1.54, 1.807) is 11.1 Å². The topological polar surface area (TPSA) is 12.0 Å². The van der Waals surface area contributed by atoms with E-state index in [0.29, 0.717) is 6.04 Å². The van der Waals surface area contributed by atoms with E-state index < -0.39 is 0 Å². The molecule has 0 saturated carbocycles. The zero-order valence-corrected chi connectivity index (χ0v) is 13.2. The van der Waals surface area contributed by atoms with Crippen LogP contribution in [-0.4, -0.2) is 0 Å². The average molecular weight is 285 g/mol. The van der Waals surface area contributed by atoms with Gasteiger partial charge in [-0.2, -0.15) is 0 Å². The Morgan fingerprint density at radius 2 is 1.90 bits per heavy atom. The molecule has 1 aliphatic carbocycles. The van der Waals surface area contributed by atoms with E-state index in [-0.39, 0.29) is 0 Å². The Labute approximate surface area is 126 Å². The number of benzene rings is 1. The molecule has 1 aliphatic rings. The second-order valence-electron chi connectivity index (χ2n) is 5.85. The Hall–Kier alpha value is -1.12. The van der Waals surface area contributed by atoms with Crippen LogP contribution in [0, 0.1) is 6.92 Å². The van der Waals surface area contributed by atoms with Crippen molar-refractivity contribution >= 4 is 11.3 Å². The molecule has 3 rings (SSSR count). The van der Waals surface area contributed by atoms with E-state index >= 15 is 0 Å². The zero-order valence-electron chi connectivity index (χ0n) is 12.4. The second kappa shape index (κ2) is 6.11. The lowest BCUT2D eigenvalue weighted by molar-refractivity contribution is 0.576. The van der Waals surface area contributed by atoms with Crippen LogP contribution in [0.2, 0.25) is 0 Å². The summed E-state index contributed by atoms with van der Waals surface area (Å²) in [6.45, 7) is 5.41. The Balaban J connectivity index is 1.66. The lowest BCUT2D eigenvalue weighted by Gasteiger charge is -2.20. The predicted octanol–water partition coefficient (Wildman–Crippen LogP) is 4.79. The van der Waals surface area contributed by atoms with E-state index in [4.69, 9.17) is 0 Å². The molecule has 0 saturated heterocycles. The van der Waals surface area contributed by atoms with Crippen LogP contribution in [0.4, 0.5) is 0 Å². The third-order valence-electron chi connectivity index (χ3n) is 4.25. The minimum atomic E-state index is 0.421. The highest BCUT2D eigenvalue weighted by Gasteiger charge is 2.12. The molecule has 2 aromatic rings. The third-order valence-corrected chi connectivity index (χ3v) is 5.25. The van der Waals surface area contributed by atoms with E-state index in [0.717, 1.165) is 6.54 Å². The van der Waals surface area contributed by atoms with Crippen molar-refractivity contribution in [3.8, 4) is 0 Å². The summed E-state index contributed by atoms with van der Waals surface area (Å²) in [7, 11) is 0. The van der Waals surface area contributed by atoms with Gasteiger partial charge in [0.25, 0.3) is 0 Å². The number of nitrogens with one attached hydrogen (secondary N) is 1. The molecule has 106 valence electrons. The van der Waals surface area contributed by atoms with Crippen LogP contribution in [0.25, 0.3) is 0 Å².